The number of nitrogens with zero attached hydrogens (tertiary/aromatic N) is 4. The van der Waals surface area contributed by atoms with Crippen molar-refractivity contribution in [1.29, 1.82) is 0 Å². The number of pyridine rings is 1. The fourth-order valence-corrected chi connectivity index (χ4v) is 4.33. The molecule has 1 aliphatic heterocycles. The first-order valence-corrected chi connectivity index (χ1v) is 9.04. The molecule has 3 rings (SSSR count). The van der Waals surface area contributed by atoms with E-state index in [1.807, 2.05) is 31.1 Å². The minimum absolute atomic E-state index is 0.187. The molecule has 124 valence electrons. The van der Waals surface area contributed by atoms with Crippen LogP contribution in [0.2, 0.25) is 0 Å². The topological polar surface area (TPSA) is 82.2 Å². The highest BCUT2D eigenvalue weighted by atomic mass is 32.2. The van der Waals surface area contributed by atoms with Gasteiger partial charge in [-0.3, -0.25) is 5.10 Å². The first kappa shape index (κ1) is 15.9. The number of aromatic nitrogens is 3. The third kappa shape index (κ3) is 3.23. The predicted octanol–water partition coefficient (Wildman–Crippen LogP) is 1.44. The van der Waals surface area contributed by atoms with Gasteiger partial charge in [0.15, 0.2) is 0 Å². The van der Waals surface area contributed by atoms with Gasteiger partial charge in [0.05, 0.1) is 6.20 Å². The number of piperidine rings is 1. The molecule has 7 nitrogen and oxygen atoms in total. The monoisotopic (exact) mass is 335 g/mol. The molecule has 2 aromatic heterocycles. The minimum Gasteiger partial charge on any atom is -0.363 e. The molecule has 0 aromatic carbocycles. The Hall–Kier alpha value is -1.93. The van der Waals surface area contributed by atoms with E-state index < -0.39 is 10.0 Å². The number of nitrogens with one attached hydrogen (secondary N) is 1. The average molecular weight is 335 g/mol. The highest BCUT2D eigenvalue weighted by molar-refractivity contribution is 7.89. The second-order valence-electron chi connectivity index (χ2n) is 5.98. The number of hydrogen-bond donors (Lipinski definition) is 1. The van der Waals surface area contributed by atoms with Crippen molar-refractivity contribution in [2.75, 3.05) is 32.1 Å². The molecule has 2 aromatic rings. The molecule has 0 radical (unpaired) electrons. The van der Waals surface area contributed by atoms with Crippen molar-refractivity contribution in [3.63, 3.8) is 0 Å². The molecule has 0 saturated carbocycles. The summed E-state index contributed by atoms with van der Waals surface area (Å²) in [6.07, 6.45) is 6.40. The van der Waals surface area contributed by atoms with Gasteiger partial charge in [-0.2, -0.15) is 9.40 Å². The van der Waals surface area contributed by atoms with Gasteiger partial charge in [0.2, 0.25) is 10.0 Å². The molecule has 0 unspecified atom stereocenters. The van der Waals surface area contributed by atoms with Crippen LogP contribution < -0.4 is 4.90 Å². The molecular formula is C15H21N5O2S. The number of aromatic amines is 1. The van der Waals surface area contributed by atoms with Gasteiger partial charge in [-0.05, 0) is 36.5 Å². The lowest BCUT2D eigenvalue weighted by molar-refractivity contribution is 0.315. The van der Waals surface area contributed by atoms with Gasteiger partial charge in [0.1, 0.15) is 10.7 Å². The zero-order valence-corrected chi connectivity index (χ0v) is 14.1. The number of hydrogen-bond acceptors (Lipinski definition) is 5. The van der Waals surface area contributed by atoms with E-state index in [0.29, 0.717) is 13.1 Å². The molecule has 0 spiro atoms. The SMILES string of the molecule is CN(C)c1cc([C@H]2CCCN(S(=O)(=O)c3cn[nH]c3)C2)ccn1. The van der Waals surface area contributed by atoms with Gasteiger partial charge in [-0.25, -0.2) is 13.4 Å². The normalized spacial score (nSPS) is 19.7. The smallest absolute Gasteiger partial charge is 0.246 e. The summed E-state index contributed by atoms with van der Waals surface area (Å²) in [5.41, 5.74) is 1.13. The lowest BCUT2D eigenvalue weighted by Gasteiger charge is -2.32. The van der Waals surface area contributed by atoms with Crippen LogP contribution in [0.15, 0.2) is 35.6 Å². The molecule has 0 aliphatic carbocycles. The van der Waals surface area contributed by atoms with Crippen molar-refractivity contribution in [1.82, 2.24) is 19.5 Å². The molecule has 1 fully saturated rings. The van der Waals surface area contributed by atoms with Crippen LogP contribution in [0.1, 0.15) is 24.3 Å². The molecular weight excluding hydrogens is 314 g/mol. The standard InChI is InChI=1S/C15H21N5O2S/c1-19(2)15-8-12(5-6-16-15)13-4-3-7-20(11-13)23(21,22)14-9-17-18-10-14/h5-6,8-10,13H,3-4,7,11H2,1-2H3,(H,17,18)/t13-/m0/s1. The van der Waals surface area contributed by atoms with Crippen LogP contribution in [-0.2, 0) is 10.0 Å². The summed E-state index contributed by atoms with van der Waals surface area (Å²) < 4.78 is 26.8. The van der Waals surface area contributed by atoms with E-state index in [9.17, 15) is 8.42 Å². The van der Waals surface area contributed by atoms with Crippen LogP contribution in [0.3, 0.4) is 0 Å². The second kappa shape index (κ2) is 6.29. The van der Waals surface area contributed by atoms with Gasteiger partial charge in [0.25, 0.3) is 0 Å². The summed E-state index contributed by atoms with van der Waals surface area (Å²) in [5.74, 6) is 1.07. The molecule has 1 atom stereocenters. The summed E-state index contributed by atoms with van der Waals surface area (Å²) >= 11 is 0. The fraction of sp³-hybridized carbons (Fsp3) is 0.467. The lowest BCUT2D eigenvalue weighted by Crippen LogP contribution is -2.39. The second-order valence-corrected chi connectivity index (χ2v) is 7.92. The third-order valence-electron chi connectivity index (χ3n) is 4.19. The van der Waals surface area contributed by atoms with Crippen LogP contribution >= 0.6 is 0 Å². The molecule has 1 N–H and O–H groups in total. The maximum Gasteiger partial charge on any atom is 0.246 e. The molecule has 1 aliphatic rings. The summed E-state index contributed by atoms with van der Waals surface area (Å²) in [7, 11) is 0.422. The van der Waals surface area contributed by atoms with E-state index >= 15 is 0 Å². The number of anilines is 1. The Kier molecular flexibility index (Phi) is 4.36. The quantitative estimate of drug-likeness (QED) is 0.914. The summed E-state index contributed by atoms with van der Waals surface area (Å²) in [4.78, 5) is 6.50. The summed E-state index contributed by atoms with van der Waals surface area (Å²) in [6, 6.07) is 4.02. The highest BCUT2D eigenvalue weighted by Crippen LogP contribution is 2.31. The van der Waals surface area contributed by atoms with Crippen molar-refractivity contribution in [3.8, 4) is 0 Å². The highest BCUT2D eigenvalue weighted by Gasteiger charge is 2.31. The lowest BCUT2D eigenvalue weighted by atomic mass is 9.92. The molecule has 3 heterocycles. The molecule has 0 amide bonds. The van der Waals surface area contributed by atoms with Crippen LogP contribution in [0, 0.1) is 0 Å². The first-order chi connectivity index (χ1) is 11.0. The van der Waals surface area contributed by atoms with Crippen molar-refractivity contribution in [2.24, 2.45) is 0 Å². The molecule has 1 saturated heterocycles. The van der Waals surface area contributed by atoms with E-state index in [2.05, 4.69) is 15.2 Å². The van der Waals surface area contributed by atoms with E-state index in [1.165, 1.54) is 12.4 Å². The third-order valence-corrected chi connectivity index (χ3v) is 6.02. The summed E-state index contributed by atoms with van der Waals surface area (Å²) in [5, 5.41) is 6.32. The number of rotatable bonds is 4. The van der Waals surface area contributed by atoms with Crippen LogP contribution in [0.5, 0.6) is 0 Å². The Labute approximate surface area is 136 Å². The van der Waals surface area contributed by atoms with Gasteiger partial charge in [-0.15, -0.1) is 0 Å². The maximum absolute atomic E-state index is 12.6. The van der Waals surface area contributed by atoms with Crippen molar-refractivity contribution in [2.45, 2.75) is 23.7 Å². The van der Waals surface area contributed by atoms with Gasteiger partial charge < -0.3 is 4.90 Å². The predicted molar refractivity (Wildman–Crippen MR) is 87.9 cm³/mol. The number of sulfonamides is 1. The van der Waals surface area contributed by atoms with Crippen LogP contribution in [0.4, 0.5) is 5.82 Å². The van der Waals surface area contributed by atoms with Gasteiger partial charge >= 0.3 is 0 Å². The van der Waals surface area contributed by atoms with Crippen molar-refractivity contribution >= 4 is 15.8 Å². The van der Waals surface area contributed by atoms with Crippen LogP contribution in [0.25, 0.3) is 0 Å². The Morgan fingerprint density at radius 3 is 2.91 bits per heavy atom. The zero-order chi connectivity index (χ0) is 16.4. The maximum atomic E-state index is 12.6. The van der Waals surface area contributed by atoms with E-state index in [1.54, 1.807) is 10.5 Å². The molecule has 8 heteroatoms. The largest absolute Gasteiger partial charge is 0.363 e. The first-order valence-electron chi connectivity index (χ1n) is 7.60. The van der Waals surface area contributed by atoms with Crippen molar-refractivity contribution < 1.29 is 8.42 Å². The molecule has 23 heavy (non-hydrogen) atoms. The Bertz CT molecular complexity index is 758. The Morgan fingerprint density at radius 2 is 2.22 bits per heavy atom. The summed E-state index contributed by atoms with van der Waals surface area (Å²) in [6.45, 7) is 1.04. The minimum atomic E-state index is -3.47. The van der Waals surface area contributed by atoms with Crippen molar-refractivity contribution in [3.05, 3.63) is 36.3 Å². The zero-order valence-electron chi connectivity index (χ0n) is 13.3. The van der Waals surface area contributed by atoms with E-state index in [4.69, 9.17) is 0 Å². The Balaban J connectivity index is 1.83. The molecule has 0 bridgehead atoms. The fourth-order valence-electron chi connectivity index (χ4n) is 2.89. The van der Waals surface area contributed by atoms with Gasteiger partial charge in [-0.1, -0.05) is 0 Å². The number of H-pyrrole nitrogens is 1. The van der Waals surface area contributed by atoms with E-state index in [-0.39, 0.29) is 10.8 Å². The average Bonchev–Trinajstić information content (AvgIpc) is 3.10. The Morgan fingerprint density at radius 1 is 1.39 bits per heavy atom. The van der Waals surface area contributed by atoms with E-state index in [0.717, 1.165) is 24.2 Å². The van der Waals surface area contributed by atoms with Gasteiger partial charge in [0, 0.05) is 39.6 Å². The van der Waals surface area contributed by atoms with Crippen LogP contribution in [-0.4, -0.2) is 55.1 Å².